The number of fused-ring (bicyclic) bond motifs is 3. The number of halogens is 1. The fourth-order valence-electron chi connectivity index (χ4n) is 3.80. The second-order valence-corrected chi connectivity index (χ2v) is 6.49. The summed E-state index contributed by atoms with van der Waals surface area (Å²) in [5.74, 6) is -0.158. The molecule has 2 unspecified atom stereocenters. The van der Waals surface area contributed by atoms with E-state index in [1.165, 1.54) is 18.3 Å². The molecule has 1 N–H and O–H groups in total. The van der Waals surface area contributed by atoms with Gasteiger partial charge in [0, 0.05) is 12.1 Å². The smallest absolute Gasteiger partial charge is 0.307 e. The average molecular weight is 330 g/mol. The van der Waals surface area contributed by atoms with Gasteiger partial charge in [0.2, 0.25) is 5.95 Å². The van der Waals surface area contributed by atoms with E-state index in [1.54, 1.807) is 6.07 Å². The minimum atomic E-state index is -0.601. The Bertz CT molecular complexity index is 753. The first kappa shape index (κ1) is 15.3. The van der Waals surface area contributed by atoms with Crippen molar-refractivity contribution < 1.29 is 13.6 Å². The summed E-state index contributed by atoms with van der Waals surface area (Å²) in [6.07, 6.45) is 3.62. The van der Waals surface area contributed by atoms with Crippen molar-refractivity contribution in [1.29, 1.82) is 0 Å². The maximum absolute atomic E-state index is 13.2. The molecule has 3 aliphatic heterocycles. The Morgan fingerprint density at radius 2 is 2.17 bits per heavy atom. The van der Waals surface area contributed by atoms with Gasteiger partial charge in [-0.3, -0.25) is 9.69 Å². The molecule has 3 saturated heterocycles. The molecule has 1 amide bonds. The molecule has 0 aliphatic carbocycles. The van der Waals surface area contributed by atoms with E-state index in [1.807, 2.05) is 0 Å². The monoisotopic (exact) mass is 330 g/mol. The van der Waals surface area contributed by atoms with Crippen LogP contribution in [0.2, 0.25) is 0 Å². The van der Waals surface area contributed by atoms with Gasteiger partial charge in [-0.2, -0.15) is 4.39 Å². The zero-order valence-electron chi connectivity index (χ0n) is 13.4. The number of amides is 1. The molecule has 5 heterocycles. The first-order chi connectivity index (χ1) is 11.6. The zero-order valence-corrected chi connectivity index (χ0v) is 13.4. The summed E-state index contributed by atoms with van der Waals surface area (Å²) in [5, 5.41) is 3.06. The number of aromatic nitrogens is 2. The largest absolute Gasteiger partial charge is 0.431 e. The van der Waals surface area contributed by atoms with E-state index < -0.39 is 5.95 Å². The van der Waals surface area contributed by atoms with Crippen molar-refractivity contribution in [3.63, 3.8) is 0 Å². The number of piperidine rings is 3. The molecule has 0 radical (unpaired) electrons. The molecule has 7 heteroatoms. The quantitative estimate of drug-likeness (QED) is 0.873. The number of carbonyl (C=O) groups excluding carboxylic acids is 1. The third-order valence-corrected chi connectivity index (χ3v) is 5.14. The van der Waals surface area contributed by atoms with E-state index >= 15 is 0 Å². The van der Waals surface area contributed by atoms with Crippen LogP contribution in [0.4, 0.5) is 4.39 Å². The second-order valence-electron chi connectivity index (χ2n) is 6.49. The lowest BCUT2D eigenvalue weighted by molar-refractivity contribution is 0.0210. The van der Waals surface area contributed by atoms with Crippen LogP contribution in [-0.4, -0.2) is 45.9 Å². The molecule has 2 aromatic rings. The normalized spacial score (nSPS) is 28.8. The van der Waals surface area contributed by atoms with Gasteiger partial charge in [-0.25, -0.2) is 9.97 Å². The Kier molecular flexibility index (Phi) is 3.80. The average Bonchev–Trinajstić information content (AvgIpc) is 3.09. The highest BCUT2D eigenvalue weighted by Crippen LogP contribution is 2.32. The molecule has 6 nitrogen and oxygen atoms in total. The van der Waals surface area contributed by atoms with Gasteiger partial charge in [-0.15, -0.1) is 0 Å². The molecule has 24 heavy (non-hydrogen) atoms. The van der Waals surface area contributed by atoms with Gasteiger partial charge in [-0.05, 0) is 50.9 Å². The van der Waals surface area contributed by atoms with Crippen LogP contribution in [0.15, 0.2) is 28.8 Å². The van der Waals surface area contributed by atoms with E-state index in [2.05, 4.69) is 27.1 Å². The van der Waals surface area contributed by atoms with Crippen molar-refractivity contribution in [2.24, 2.45) is 5.92 Å². The molecule has 2 atom stereocenters. The number of nitrogens with zero attached hydrogens (tertiary/aromatic N) is 3. The molecule has 0 saturated carbocycles. The summed E-state index contributed by atoms with van der Waals surface area (Å²) in [7, 11) is 0. The van der Waals surface area contributed by atoms with Gasteiger partial charge in [0.25, 0.3) is 5.89 Å². The predicted octanol–water partition coefficient (Wildman–Crippen LogP) is 2.09. The number of rotatable bonds is 3. The maximum atomic E-state index is 13.2. The van der Waals surface area contributed by atoms with Crippen LogP contribution in [0, 0.1) is 11.9 Å². The van der Waals surface area contributed by atoms with E-state index in [9.17, 15) is 9.18 Å². The van der Waals surface area contributed by atoms with Crippen molar-refractivity contribution in [3.05, 3.63) is 36.2 Å². The van der Waals surface area contributed by atoms with Gasteiger partial charge < -0.3 is 9.73 Å². The molecule has 126 valence electrons. The van der Waals surface area contributed by atoms with Crippen molar-refractivity contribution in [1.82, 2.24) is 20.2 Å². The first-order valence-corrected chi connectivity index (χ1v) is 8.25. The highest BCUT2D eigenvalue weighted by atomic mass is 19.1. The summed E-state index contributed by atoms with van der Waals surface area (Å²) in [4.78, 5) is 22.6. The van der Waals surface area contributed by atoms with Gasteiger partial charge in [0.1, 0.15) is 5.69 Å². The summed E-state index contributed by atoms with van der Waals surface area (Å²) >= 11 is 0. The molecule has 2 aromatic heterocycles. The predicted molar refractivity (Wildman–Crippen MR) is 84.7 cm³/mol. The minimum Gasteiger partial charge on any atom is -0.431 e. The molecular weight excluding hydrogens is 311 g/mol. The zero-order chi connectivity index (χ0) is 16.7. The summed E-state index contributed by atoms with van der Waals surface area (Å²) in [6, 6.07) is 4.83. The van der Waals surface area contributed by atoms with Crippen molar-refractivity contribution in [2.45, 2.75) is 31.8 Å². The Morgan fingerprint density at radius 1 is 1.38 bits per heavy atom. The standard InChI is InChI=1S/C17H19FN4O2/c1-10-15(11-5-7-22(10)8-6-11)21-16(23)17-19-9-13(24-17)12-3-2-4-14(18)20-12/h2-4,9-11,15H,5-8H2,1H3,(H,21,23). The molecule has 0 aromatic carbocycles. The van der Waals surface area contributed by atoms with Gasteiger partial charge in [0.15, 0.2) is 5.76 Å². The Balaban J connectivity index is 1.49. The number of nitrogens with one attached hydrogen (secondary N) is 1. The number of carbonyl (C=O) groups is 1. The number of oxazole rings is 1. The highest BCUT2D eigenvalue weighted by Gasteiger charge is 2.40. The number of hydrogen-bond acceptors (Lipinski definition) is 5. The Hall–Kier alpha value is -2.28. The van der Waals surface area contributed by atoms with Crippen LogP contribution in [0.1, 0.15) is 30.5 Å². The van der Waals surface area contributed by atoms with Crippen LogP contribution in [0.25, 0.3) is 11.5 Å². The Morgan fingerprint density at radius 3 is 2.88 bits per heavy atom. The summed E-state index contributed by atoms with van der Waals surface area (Å²) in [6.45, 7) is 4.35. The lowest BCUT2D eigenvalue weighted by Crippen LogP contribution is -2.62. The molecular formula is C17H19FN4O2. The highest BCUT2D eigenvalue weighted by molar-refractivity contribution is 5.90. The molecule has 3 aliphatic rings. The Labute approximate surface area is 139 Å². The third-order valence-electron chi connectivity index (χ3n) is 5.14. The lowest BCUT2D eigenvalue weighted by atomic mass is 9.79. The van der Waals surface area contributed by atoms with E-state index in [-0.39, 0.29) is 23.6 Å². The summed E-state index contributed by atoms with van der Waals surface area (Å²) in [5.41, 5.74) is 0.317. The topological polar surface area (TPSA) is 71.3 Å². The molecule has 0 spiro atoms. The molecule has 5 rings (SSSR count). The fraction of sp³-hybridized carbons (Fsp3) is 0.471. The number of hydrogen-bond donors (Lipinski definition) is 1. The van der Waals surface area contributed by atoms with Crippen LogP contribution >= 0.6 is 0 Å². The second kappa shape index (κ2) is 5.98. The van der Waals surface area contributed by atoms with Crippen molar-refractivity contribution in [2.75, 3.05) is 13.1 Å². The maximum Gasteiger partial charge on any atom is 0.307 e. The van der Waals surface area contributed by atoms with Gasteiger partial charge >= 0.3 is 5.91 Å². The number of pyridine rings is 1. The summed E-state index contributed by atoms with van der Waals surface area (Å²) < 4.78 is 18.7. The van der Waals surface area contributed by atoms with Crippen molar-refractivity contribution >= 4 is 5.91 Å². The van der Waals surface area contributed by atoms with Crippen LogP contribution in [0.3, 0.4) is 0 Å². The fourth-order valence-corrected chi connectivity index (χ4v) is 3.80. The van der Waals surface area contributed by atoms with Gasteiger partial charge in [0.05, 0.1) is 6.20 Å². The molecule has 3 fully saturated rings. The van der Waals surface area contributed by atoms with E-state index in [4.69, 9.17) is 4.42 Å². The van der Waals surface area contributed by atoms with E-state index in [0.717, 1.165) is 25.9 Å². The SMILES string of the molecule is CC1C(NC(=O)c2ncc(-c3cccc(F)n3)o2)C2CCN1CC2. The third kappa shape index (κ3) is 2.69. The van der Waals surface area contributed by atoms with Crippen LogP contribution in [0.5, 0.6) is 0 Å². The lowest BCUT2D eigenvalue weighted by Gasteiger charge is -2.49. The van der Waals surface area contributed by atoms with E-state index in [0.29, 0.717) is 17.7 Å². The minimum absolute atomic E-state index is 0.0142. The van der Waals surface area contributed by atoms with Gasteiger partial charge in [-0.1, -0.05) is 6.07 Å². The first-order valence-electron chi connectivity index (χ1n) is 8.25. The van der Waals surface area contributed by atoms with Crippen LogP contribution < -0.4 is 5.32 Å². The van der Waals surface area contributed by atoms with Crippen molar-refractivity contribution in [3.8, 4) is 11.5 Å². The molecule has 2 bridgehead atoms. The van der Waals surface area contributed by atoms with Crippen LogP contribution in [-0.2, 0) is 0 Å².